The summed E-state index contributed by atoms with van der Waals surface area (Å²) >= 11 is 1.60. The Balaban J connectivity index is 1.56. The van der Waals surface area contributed by atoms with Gasteiger partial charge in [-0.1, -0.05) is 53.7 Å². The van der Waals surface area contributed by atoms with Gasteiger partial charge in [0.25, 0.3) is 0 Å². The Morgan fingerprint density at radius 3 is 2.40 bits per heavy atom. The van der Waals surface area contributed by atoms with Crippen molar-refractivity contribution >= 4 is 29.1 Å². The summed E-state index contributed by atoms with van der Waals surface area (Å²) in [6, 6.07) is 4.13. The number of aliphatic hydroxyl groups excluding tert-OH is 1. The lowest BCUT2D eigenvalue weighted by Crippen LogP contribution is -2.59. The molecule has 3 amide bonds. The molecule has 4 atom stereocenters. The number of aromatic nitrogens is 1. The van der Waals surface area contributed by atoms with Gasteiger partial charge in [-0.05, 0) is 53.9 Å². The van der Waals surface area contributed by atoms with Crippen molar-refractivity contribution in [3.63, 3.8) is 0 Å². The van der Waals surface area contributed by atoms with E-state index in [-0.39, 0.29) is 30.3 Å². The number of benzene rings is 1. The number of β-amino-alcohol motifs (C(OH)–C–C–N with tert-alkyl or cyclic N) is 1. The standard InChI is InChI=1S/C33H45N5O4S/c1-19(24-11-10-21(26-20(2)35-18-43-26)14-22(24)16-31(3,4)5)36-28(40)25-15-23(39)17-38(25)29(41)27(32(6,7)8)37-30(42)33(34-9)12-13-33/h10-11,14,18-19,23,25,27,39H,12-13,15-17H2,1-8H3,(H,36,40)(H,37,42)/t19-,23+,25-,27+/m0/s1. The van der Waals surface area contributed by atoms with Gasteiger partial charge in [0.15, 0.2) is 0 Å². The van der Waals surface area contributed by atoms with Crippen molar-refractivity contribution in [2.75, 3.05) is 6.54 Å². The molecule has 0 bridgehead atoms. The van der Waals surface area contributed by atoms with E-state index in [0.29, 0.717) is 12.8 Å². The fraction of sp³-hybridized carbons (Fsp3) is 0.606. The van der Waals surface area contributed by atoms with Crippen molar-refractivity contribution in [2.45, 2.75) is 111 Å². The molecule has 0 spiro atoms. The normalized spacial score (nSPS) is 21.1. The Morgan fingerprint density at radius 2 is 1.86 bits per heavy atom. The predicted octanol–water partition coefficient (Wildman–Crippen LogP) is 4.83. The molecule has 1 aromatic carbocycles. The van der Waals surface area contributed by atoms with Crippen LogP contribution in [-0.4, -0.2) is 63.0 Å². The number of carbonyl (C=O) groups excluding carboxylic acids is 3. The second-order valence-electron chi connectivity index (χ2n) is 14.5. The van der Waals surface area contributed by atoms with Crippen molar-refractivity contribution < 1.29 is 19.5 Å². The molecule has 1 aliphatic carbocycles. The van der Waals surface area contributed by atoms with Crippen LogP contribution >= 0.6 is 11.3 Å². The summed E-state index contributed by atoms with van der Waals surface area (Å²) < 4.78 is 0. The minimum absolute atomic E-state index is 0.000114. The van der Waals surface area contributed by atoms with Crippen molar-refractivity contribution in [3.05, 3.63) is 51.9 Å². The molecule has 232 valence electrons. The third-order valence-electron chi connectivity index (χ3n) is 8.31. The first-order valence-electron chi connectivity index (χ1n) is 15.0. The van der Waals surface area contributed by atoms with Gasteiger partial charge in [0, 0.05) is 25.8 Å². The number of nitrogens with zero attached hydrogens (tertiary/aromatic N) is 3. The lowest BCUT2D eigenvalue weighted by Gasteiger charge is -2.35. The summed E-state index contributed by atoms with van der Waals surface area (Å²) in [4.78, 5) is 51.0. The summed E-state index contributed by atoms with van der Waals surface area (Å²) in [5.74, 6) is -1.22. The Kier molecular flexibility index (Phi) is 9.11. The molecular formula is C33H45N5O4S. The highest BCUT2D eigenvalue weighted by Crippen LogP contribution is 2.41. The van der Waals surface area contributed by atoms with Crippen molar-refractivity contribution in [2.24, 2.45) is 10.8 Å². The zero-order valence-electron chi connectivity index (χ0n) is 26.6. The molecule has 1 saturated carbocycles. The molecule has 1 saturated heterocycles. The predicted molar refractivity (Wildman–Crippen MR) is 168 cm³/mol. The molecule has 2 heterocycles. The quantitative estimate of drug-likeness (QED) is 0.372. The van der Waals surface area contributed by atoms with Gasteiger partial charge in [0.1, 0.15) is 12.1 Å². The van der Waals surface area contributed by atoms with Gasteiger partial charge in [0.2, 0.25) is 11.8 Å². The molecule has 10 heteroatoms. The van der Waals surface area contributed by atoms with Crippen LogP contribution in [0.4, 0.5) is 0 Å². The zero-order valence-corrected chi connectivity index (χ0v) is 27.4. The second kappa shape index (κ2) is 12.0. The minimum atomic E-state index is -1.10. The summed E-state index contributed by atoms with van der Waals surface area (Å²) in [5, 5.41) is 16.5. The number of aliphatic hydroxyl groups is 1. The zero-order chi connectivity index (χ0) is 31.9. The average Bonchev–Trinajstić information content (AvgIpc) is 3.44. The van der Waals surface area contributed by atoms with E-state index in [1.165, 1.54) is 4.90 Å². The van der Waals surface area contributed by atoms with Crippen LogP contribution in [-0.2, 0) is 20.8 Å². The number of hydrogen-bond donors (Lipinski definition) is 3. The Hall–Kier alpha value is -3.29. The van der Waals surface area contributed by atoms with Gasteiger partial charge in [-0.15, -0.1) is 11.3 Å². The number of hydrogen-bond acceptors (Lipinski definition) is 6. The molecule has 2 aliphatic rings. The van der Waals surface area contributed by atoms with E-state index >= 15 is 0 Å². The molecule has 43 heavy (non-hydrogen) atoms. The molecule has 2 fully saturated rings. The smallest absolute Gasteiger partial charge is 0.309 e. The third-order valence-corrected chi connectivity index (χ3v) is 9.29. The fourth-order valence-electron chi connectivity index (χ4n) is 5.75. The average molecular weight is 608 g/mol. The highest BCUT2D eigenvalue weighted by Gasteiger charge is 2.59. The Morgan fingerprint density at radius 1 is 1.19 bits per heavy atom. The van der Waals surface area contributed by atoms with Gasteiger partial charge < -0.3 is 20.6 Å². The summed E-state index contributed by atoms with van der Waals surface area (Å²) in [6.45, 7) is 23.4. The first-order chi connectivity index (χ1) is 20.0. The van der Waals surface area contributed by atoms with Gasteiger partial charge in [-0.25, -0.2) is 11.6 Å². The highest BCUT2D eigenvalue weighted by molar-refractivity contribution is 7.13. The van der Waals surface area contributed by atoms with E-state index in [1.807, 2.05) is 40.1 Å². The molecule has 0 unspecified atom stereocenters. The van der Waals surface area contributed by atoms with E-state index in [0.717, 1.165) is 33.7 Å². The maximum Gasteiger partial charge on any atom is 0.309 e. The Labute approximate surface area is 259 Å². The maximum atomic E-state index is 13.9. The lowest BCUT2D eigenvalue weighted by atomic mass is 9.84. The number of likely N-dealkylation sites (tertiary alicyclic amines) is 1. The van der Waals surface area contributed by atoms with Crippen LogP contribution in [0.2, 0.25) is 0 Å². The van der Waals surface area contributed by atoms with Crippen LogP contribution in [0.3, 0.4) is 0 Å². The topological polar surface area (TPSA) is 116 Å². The number of thiazole rings is 1. The molecule has 1 aliphatic heterocycles. The monoisotopic (exact) mass is 607 g/mol. The number of rotatable bonds is 8. The molecule has 0 radical (unpaired) electrons. The summed E-state index contributed by atoms with van der Waals surface area (Å²) in [7, 11) is 0. The van der Waals surface area contributed by atoms with E-state index in [9.17, 15) is 19.5 Å². The third kappa shape index (κ3) is 7.27. The van der Waals surface area contributed by atoms with Gasteiger partial charge in [0.05, 0.1) is 28.2 Å². The SMILES string of the molecule is [C-]#[N+]C1(C(=O)N[C@H](C(=O)N2C[C@H](O)C[C@H]2C(=O)N[C@@H](C)c2ccc(-c3scnc3C)cc2CC(C)(C)C)C(C)(C)C)CC1. The first kappa shape index (κ1) is 32.6. The van der Waals surface area contributed by atoms with Crippen LogP contribution in [0.15, 0.2) is 23.7 Å². The van der Waals surface area contributed by atoms with Crippen LogP contribution in [0, 0.1) is 24.3 Å². The fourth-order valence-corrected chi connectivity index (χ4v) is 6.56. The molecule has 2 aromatic rings. The van der Waals surface area contributed by atoms with E-state index in [4.69, 9.17) is 6.57 Å². The van der Waals surface area contributed by atoms with Gasteiger partial charge in [-0.2, -0.15) is 0 Å². The van der Waals surface area contributed by atoms with Crippen molar-refractivity contribution in [1.82, 2.24) is 20.5 Å². The number of carbonyl (C=O) groups is 3. The van der Waals surface area contributed by atoms with Crippen molar-refractivity contribution in [1.29, 1.82) is 0 Å². The number of amides is 3. The highest BCUT2D eigenvalue weighted by atomic mass is 32.1. The lowest BCUT2D eigenvalue weighted by molar-refractivity contribution is -0.144. The molecule has 4 rings (SSSR count). The molecular weight excluding hydrogens is 562 g/mol. The molecule has 1 aromatic heterocycles. The van der Waals surface area contributed by atoms with E-state index in [1.54, 1.807) is 11.3 Å². The molecule has 3 N–H and O–H groups in total. The van der Waals surface area contributed by atoms with Crippen molar-refractivity contribution in [3.8, 4) is 10.4 Å². The van der Waals surface area contributed by atoms with Crippen LogP contribution in [0.25, 0.3) is 15.3 Å². The largest absolute Gasteiger partial charge is 0.391 e. The second-order valence-corrected chi connectivity index (χ2v) is 15.3. The van der Waals surface area contributed by atoms with Crippen LogP contribution < -0.4 is 10.6 Å². The molecule has 9 nitrogen and oxygen atoms in total. The van der Waals surface area contributed by atoms with Gasteiger partial charge in [-0.3, -0.25) is 19.2 Å². The number of nitrogens with one attached hydrogen (secondary N) is 2. The first-order valence-corrected chi connectivity index (χ1v) is 15.9. The van der Waals surface area contributed by atoms with Crippen LogP contribution in [0.5, 0.6) is 0 Å². The van der Waals surface area contributed by atoms with E-state index in [2.05, 4.69) is 59.4 Å². The van der Waals surface area contributed by atoms with Gasteiger partial charge >= 0.3 is 11.4 Å². The van der Waals surface area contributed by atoms with E-state index < -0.39 is 41.0 Å². The summed E-state index contributed by atoms with van der Waals surface area (Å²) in [5.41, 5.74) is 4.30. The number of aryl methyl sites for hydroxylation is 1. The maximum absolute atomic E-state index is 13.9. The minimum Gasteiger partial charge on any atom is -0.391 e. The Bertz CT molecular complexity index is 1430. The van der Waals surface area contributed by atoms with Crippen LogP contribution in [0.1, 0.15) is 90.6 Å². The summed E-state index contributed by atoms with van der Waals surface area (Å²) in [6.07, 6.45) is 1.00.